The lowest BCUT2D eigenvalue weighted by atomic mass is 10.5. The van der Waals surface area contributed by atoms with Gasteiger partial charge < -0.3 is 4.74 Å². The third-order valence-electron chi connectivity index (χ3n) is 0.922. The number of hydrogen-bond donors (Lipinski definition) is 0. The summed E-state index contributed by atoms with van der Waals surface area (Å²) in [7, 11) is 3.57. The summed E-state index contributed by atoms with van der Waals surface area (Å²) >= 11 is 0. The number of carbonyl (C=O) groups excluding carboxylic acids is 1. The van der Waals surface area contributed by atoms with Gasteiger partial charge in [0.1, 0.15) is 6.61 Å². The molecular weight excluding hydrogens is 144 g/mol. The minimum Gasteiger partial charge on any atom is -0.464 e. The van der Waals surface area contributed by atoms with Crippen LogP contribution in [0.1, 0.15) is 6.42 Å². The van der Waals surface area contributed by atoms with E-state index in [1.807, 2.05) is 6.07 Å². The first-order valence-corrected chi connectivity index (χ1v) is 3.34. The Kier molecular flexibility index (Phi) is 5.13. The molecule has 0 spiro atoms. The summed E-state index contributed by atoms with van der Waals surface area (Å²) in [6, 6.07) is 1.89. The van der Waals surface area contributed by atoms with Gasteiger partial charge in [0, 0.05) is 0 Å². The fourth-order valence-corrected chi connectivity index (χ4v) is 0.514. The standard InChI is InChI=1S/C7H12N2O2/c1-9(2)6-7(10)11-5-3-4-8/h3,5-6H2,1-2H3. The Balaban J connectivity index is 3.32. The molecule has 4 heteroatoms. The second-order valence-electron chi connectivity index (χ2n) is 2.37. The molecule has 0 aromatic rings. The summed E-state index contributed by atoms with van der Waals surface area (Å²) in [6.07, 6.45) is 0.263. The van der Waals surface area contributed by atoms with Crippen molar-refractivity contribution in [1.29, 1.82) is 5.26 Å². The van der Waals surface area contributed by atoms with Crippen LogP contribution in [-0.2, 0) is 9.53 Å². The molecule has 0 N–H and O–H groups in total. The Morgan fingerprint density at radius 1 is 1.64 bits per heavy atom. The van der Waals surface area contributed by atoms with Gasteiger partial charge >= 0.3 is 5.97 Å². The maximum atomic E-state index is 10.8. The number of nitriles is 1. The summed E-state index contributed by atoms with van der Waals surface area (Å²) in [4.78, 5) is 12.5. The van der Waals surface area contributed by atoms with Crippen molar-refractivity contribution in [3.8, 4) is 6.07 Å². The number of hydrogen-bond acceptors (Lipinski definition) is 4. The van der Waals surface area contributed by atoms with E-state index in [4.69, 9.17) is 10.00 Å². The molecule has 62 valence electrons. The minimum atomic E-state index is -0.287. The van der Waals surface area contributed by atoms with E-state index in [0.717, 1.165) is 0 Å². The Morgan fingerprint density at radius 3 is 2.73 bits per heavy atom. The third kappa shape index (κ3) is 6.81. The van der Waals surface area contributed by atoms with Crippen molar-refractivity contribution < 1.29 is 9.53 Å². The lowest BCUT2D eigenvalue weighted by Gasteiger charge is -2.07. The number of carbonyl (C=O) groups is 1. The molecule has 0 rings (SSSR count). The Morgan fingerprint density at radius 2 is 2.27 bits per heavy atom. The van der Waals surface area contributed by atoms with Crippen molar-refractivity contribution in [2.45, 2.75) is 6.42 Å². The molecule has 0 aliphatic rings. The zero-order valence-electron chi connectivity index (χ0n) is 6.83. The van der Waals surface area contributed by atoms with Crippen LogP contribution in [0.2, 0.25) is 0 Å². The first-order valence-electron chi connectivity index (χ1n) is 3.34. The summed E-state index contributed by atoms with van der Waals surface area (Å²) in [5.74, 6) is -0.287. The lowest BCUT2D eigenvalue weighted by molar-refractivity contribution is -0.144. The highest BCUT2D eigenvalue weighted by Gasteiger charge is 2.02. The molecule has 0 atom stereocenters. The van der Waals surface area contributed by atoms with E-state index in [-0.39, 0.29) is 25.5 Å². The van der Waals surface area contributed by atoms with Crippen LogP contribution in [0.15, 0.2) is 0 Å². The fourth-order valence-electron chi connectivity index (χ4n) is 0.514. The Labute approximate surface area is 66.4 Å². The van der Waals surface area contributed by atoms with E-state index in [9.17, 15) is 4.79 Å². The maximum absolute atomic E-state index is 10.8. The number of ether oxygens (including phenoxy) is 1. The molecule has 0 saturated carbocycles. The average Bonchev–Trinajstić information content (AvgIpc) is 1.86. The summed E-state index contributed by atoms with van der Waals surface area (Å²) < 4.78 is 4.69. The van der Waals surface area contributed by atoms with Gasteiger partial charge in [0.05, 0.1) is 19.0 Å². The minimum absolute atomic E-state index is 0.198. The predicted molar refractivity (Wildman–Crippen MR) is 39.7 cm³/mol. The zero-order chi connectivity index (χ0) is 8.69. The summed E-state index contributed by atoms with van der Waals surface area (Å²) in [5, 5.41) is 8.11. The normalized spacial score (nSPS) is 9.27. The van der Waals surface area contributed by atoms with Crippen molar-refractivity contribution in [3.63, 3.8) is 0 Å². The molecule has 11 heavy (non-hydrogen) atoms. The molecule has 0 heterocycles. The number of likely N-dealkylation sites (N-methyl/N-ethyl adjacent to an activating group) is 1. The van der Waals surface area contributed by atoms with Crippen molar-refractivity contribution in [2.75, 3.05) is 27.2 Å². The molecule has 0 aliphatic heterocycles. The molecule has 0 saturated heterocycles. The van der Waals surface area contributed by atoms with Crippen molar-refractivity contribution >= 4 is 5.97 Å². The molecule has 0 fully saturated rings. The largest absolute Gasteiger partial charge is 0.464 e. The fraction of sp³-hybridized carbons (Fsp3) is 0.714. The van der Waals surface area contributed by atoms with Gasteiger partial charge in [-0.25, -0.2) is 0 Å². The van der Waals surface area contributed by atoms with Crippen LogP contribution in [0.5, 0.6) is 0 Å². The molecule has 0 aromatic carbocycles. The highest BCUT2D eigenvalue weighted by atomic mass is 16.5. The van der Waals surface area contributed by atoms with Gasteiger partial charge in [0.2, 0.25) is 0 Å². The van der Waals surface area contributed by atoms with Gasteiger partial charge in [0.15, 0.2) is 0 Å². The van der Waals surface area contributed by atoms with Crippen molar-refractivity contribution in [3.05, 3.63) is 0 Å². The molecule has 0 aromatic heterocycles. The molecule has 0 radical (unpaired) electrons. The van der Waals surface area contributed by atoms with Crippen LogP contribution in [0.3, 0.4) is 0 Å². The number of nitrogens with zero attached hydrogens (tertiary/aromatic N) is 2. The highest BCUT2D eigenvalue weighted by Crippen LogP contribution is 1.84. The number of rotatable bonds is 4. The molecule has 4 nitrogen and oxygen atoms in total. The van der Waals surface area contributed by atoms with Gasteiger partial charge in [0.25, 0.3) is 0 Å². The van der Waals surface area contributed by atoms with Crippen LogP contribution >= 0.6 is 0 Å². The van der Waals surface area contributed by atoms with E-state index in [1.165, 1.54) is 0 Å². The van der Waals surface area contributed by atoms with E-state index >= 15 is 0 Å². The lowest BCUT2D eigenvalue weighted by Crippen LogP contribution is -2.23. The smallest absolute Gasteiger partial charge is 0.320 e. The topological polar surface area (TPSA) is 53.3 Å². The highest BCUT2D eigenvalue weighted by molar-refractivity contribution is 5.71. The van der Waals surface area contributed by atoms with Gasteiger partial charge in [-0.15, -0.1) is 0 Å². The number of esters is 1. The van der Waals surface area contributed by atoms with Gasteiger partial charge in [-0.1, -0.05) is 0 Å². The van der Waals surface area contributed by atoms with E-state index in [0.29, 0.717) is 0 Å². The van der Waals surface area contributed by atoms with Crippen molar-refractivity contribution in [1.82, 2.24) is 4.90 Å². The van der Waals surface area contributed by atoms with Gasteiger partial charge in [-0.3, -0.25) is 9.69 Å². The Hall–Kier alpha value is -1.08. The maximum Gasteiger partial charge on any atom is 0.320 e. The monoisotopic (exact) mass is 156 g/mol. The molecule has 0 bridgehead atoms. The first-order chi connectivity index (χ1) is 5.16. The molecule has 0 aliphatic carbocycles. The third-order valence-corrected chi connectivity index (χ3v) is 0.922. The van der Waals surface area contributed by atoms with Crippen LogP contribution in [0, 0.1) is 11.3 Å². The average molecular weight is 156 g/mol. The van der Waals surface area contributed by atoms with Crippen LogP contribution < -0.4 is 0 Å². The summed E-state index contributed by atoms with van der Waals surface area (Å²) in [5.41, 5.74) is 0. The summed E-state index contributed by atoms with van der Waals surface area (Å²) in [6.45, 7) is 0.467. The van der Waals surface area contributed by atoms with Crippen LogP contribution in [-0.4, -0.2) is 38.1 Å². The Bertz CT molecular complexity index is 160. The van der Waals surface area contributed by atoms with E-state index < -0.39 is 0 Å². The first kappa shape index (κ1) is 9.92. The predicted octanol–water partition coefficient (Wildman–Crippen LogP) is 0.00488. The quantitative estimate of drug-likeness (QED) is 0.425. The molecule has 0 unspecified atom stereocenters. The SMILES string of the molecule is CN(C)CC(=O)OCCC#N. The van der Waals surface area contributed by atoms with E-state index in [2.05, 4.69) is 0 Å². The van der Waals surface area contributed by atoms with Crippen molar-refractivity contribution in [2.24, 2.45) is 0 Å². The van der Waals surface area contributed by atoms with Crippen LogP contribution in [0.25, 0.3) is 0 Å². The molecular formula is C7H12N2O2. The van der Waals surface area contributed by atoms with E-state index in [1.54, 1.807) is 19.0 Å². The van der Waals surface area contributed by atoms with Gasteiger partial charge in [-0.2, -0.15) is 5.26 Å². The second kappa shape index (κ2) is 5.69. The zero-order valence-corrected chi connectivity index (χ0v) is 6.83. The van der Waals surface area contributed by atoms with Crippen LogP contribution in [0.4, 0.5) is 0 Å². The second-order valence-corrected chi connectivity index (χ2v) is 2.37. The van der Waals surface area contributed by atoms with Gasteiger partial charge in [-0.05, 0) is 14.1 Å². The molecule has 0 amide bonds.